The highest BCUT2D eigenvalue weighted by Crippen LogP contribution is 2.20. The van der Waals surface area contributed by atoms with Crippen LogP contribution in [0.2, 0.25) is 0 Å². The molecule has 1 rings (SSSR count). The zero-order chi connectivity index (χ0) is 13.4. The molecular weight excluding hydrogens is 302 g/mol. The van der Waals surface area contributed by atoms with Gasteiger partial charge in [-0.05, 0) is 32.6 Å². The topological polar surface area (TPSA) is 65.0 Å². The maximum atomic E-state index is 11.5. The molecule has 0 saturated heterocycles. The molecule has 0 unspecified atom stereocenters. The molecule has 0 amide bonds. The molecule has 0 N–H and O–H groups in total. The van der Waals surface area contributed by atoms with Gasteiger partial charge in [-0.2, -0.15) is 0 Å². The molecule has 5 nitrogen and oxygen atoms in total. The van der Waals surface area contributed by atoms with Crippen molar-refractivity contribution in [3.05, 3.63) is 0 Å². The molecule has 0 aromatic carbocycles. The number of alkyl halides is 1. The van der Waals surface area contributed by atoms with Gasteiger partial charge < -0.3 is 9.57 Å². The third-order valence-electron chi connectivity index (χ3n) is 2.70. The SMILES string of the molecule is CCOC(=O)C(=NOC1CCCCC1)C(=O)CBr. The van der Waals surface area contributed by atoms with E-state index in [2.05, 4.69) is 21.1 Å². The molecule has 1 saturated carbocycles. The lowest BCUT2D eigenvalue weighted by Crippen LogP contribution is -2.28. The summed E-state index contributed by atoms with van der Waals surface area (Å²) in [4.78, 5) is 28.4. The second kappa shape index (κ2) is 8.24. The number of carbonyl (C=O) groups excluding carboxylic acids is 2. The number of hydrogen-bond donors (Lipinski definition) is 0. The van der Waals surface area contributed by atoms with Crippen LogP contribution in [0.3, 0.4) is 0 Å². The molecule has 0 bridgehead atoms. The molecule has 0 aromatic rings. The van der Waals surface area contributed by atoms with Gasteiger partial charge in [-0.1, -0.05) is 27.5 Å². The van der Waals surface area contributed by atoms with E-state index in [9.17, 15) is 9.59 Å². The molecule has 102 valence electrons. The van der Waals surface area contributed by atoms with Gasteiger partial charge >= 0.3 is 5.97 Å². The lowest BCUT2D eigenvalue weighted by molar-refractivity contribution is -0.136. The summed E-state index contributed by atoms with van der Waals surface area (Å²) in [5.41, 5.74) is -0.265. The summed E-state index contributed by atoms with van der Waals surface area (Å²) in [6.07, 6.45) is 5.24. The van der Waals surface area contributed by atoms with Crippen LogP contribution in [0.25, 0.3) is 0 Å². The highest BCUT2D eigenvalue weighted by molar-refractivity contribution is 9.09. The number of Topliss-reactive ketones (excluding diaryl/α,β-unsaturated/α-hetero) is 1. The summed E-state index contributed by atoms with van der Waals surface area (Å²) in [7, 11) is 0. The van der Waals surface area contributed by atoms with Gasteiger partial charge in [0.2, 0.25) is 11.5 Å². The van der Waals surface area contributed by atoms with Crippen molar-refractivity contribution in [3.63, 3.8) is 0 Å². The first kappa shape index (κ1) is 15.1. The number of oxime groups is 1. The summed E-state index contributed by atoms with van der Waals surface area (Å²) < 4.78 is 4.78. The van der Waals surface area contributed by atoms with Crippen molar-refractivity contribution in [2.24, 2.45) is 5.16 Å². The van der Waals surface area contributed by atoms with E-state index in [0.29, 0.717) is 0 Å². The third kappa shape index (κ3) is 4.76. The van der Waals surface area contributed by atoms with Gasteiger partial charge in [0.15, 0.2) is 0 Å². The molecule has 1 aliphatic rings. The van der Waals surface area contributed by atoms with Gasteiger partial charge in [-0.3, -0.25) is 4.79 Å². The Morgan fingerprint density at radius 3 is 2.50 bits per heavy atom. The minimum Gasteiger partial charge on any atom is -0.461 e. The Morgan fingerprint density at radius 2 is 1.94 bits per heavy atom. The Balaban J connectivity index is 2.62. The molecule has 0 aliphatic heterocycles. The maximum Gasteiger partial charge on any atom is 0.364 e. The Bertz CT molecular complexity index is 324. The molecule has 6 heteroatoms. The predicted molar refractivity (Wildman–Crippen MR) is 70.8 cm³/mol. The van der Waals surface area contributed by atoms with Gasteiger partial charge in [-0.15, -0.1) is 0 Å². The highest BCUT2D eigenvalue weighted by Gasteiger charge is 2.23. The molecule has 0 radical (unpaired) electrons. The fraction of sp³-hybridized carbons (Fsp3) is 0.750. The second-order valence-corrected chi connectivity index (χ2v) is 4.64. The van der Waals surface area contributed by atoms with Crippen LogP contribution in [0.5, 0.6) is 0 Å². The summed E-state index contributed by atoms with van der Waals surface area (Å²) in [5.74, 6) is -1.15. The van der Waals surface area contributed by atoms with Crippen molar-refractivity contribution >= 4 is 33.4 Å². The molecule has 0 heterocycles. The van der Waals surface area contributed by atoms with Crippen molar-refractivity contribution < 1.29 is 19.2 Å². The number of carbonyl (C=O) groups is 2. The van der Waals surface area contributed by atoms with Crippen LogP contribution >= 0.6 is 15.9 Å². The molecule has 1 fully saturated rings. The van der Waals surface area contributed by atoms with Crippen LogP contribution in [-0.2, 0) is 19.2 Å². The van der Waals surface area contributed by atoms with E-state index in [1.807, 2.05) is 0 Å². The quantitative estimate of drug-likeness (QED) is 0.247. The van der Waals surface area contributed by atoms with Gasteiger partial charge in [0.25, 0.3) is 0 Å². The molecule has 0 atom stereocenters. The van der Waals surface area contributed by atoms with E-state index >= 15 is 0 Å². The predicted octanol–water partition coefficient (Wildman–Crippen LogP) is 2.22. The number of nitrogens with zero attached hydrogens (tertiary/aromatic N) is 1. The summed E-state index contributed by atoms with van der Waals surface area (Å²) in [6, 6.07) is 0. The Kier molecular flexibility index (Phi) is 6.93. The van der Waals surface area contributed by atoms with Crippen molar-refractivity contribution in [2.75, 3.05) is 11.9 Å². The van der Waals surface area contributed by atoms with Crippen LogP contribution in [0.4, 0.5) is 0 Å². The van der Waals surface area contributed by atoms with Gasteiger partial charge in [-0.25, -0.2) is 4.79 Å². The molecule has 18 heavy (non-hydrogen) atoms. The van der Waals surface area contributed by atoms with E-state index in [1.165, 1.54) is 6.42 Å². The summed E-state index contributed by atoms with van der Waals surface area (Å²) in [5, 5.41) is 3.73. The zero-order valence-electron chi connectivity index (χ0n) is 10.5. The zero-order valence-corrected chi connectivity index (χ0v) is 12.1. The number of ketones is 1. The minimum atomic E-state index is -0.724. The van der Waals surface area contributed by atoms with E-state index in [1.54, 1.807) is 6.92 Å². The van der Waals surface area contributed by atoms with Gasteiger partial charge in [0.1, 0.15) is 6.10 Å². The van der Waals surface area contributed by atoms with Gasteiger partial charge in [0.05, 0.1) is 11.9 Å². The number of rotatable bonds is 6. The molecular formula is C12H18BrNO4. The Morgan fingerprint density at radius 1 is 1.28 bits per heavy atom. The number of hydrogen-bond acceptors (Lipinski definition) is 5. The average molecular weight is 320 g/mol. The Hall–Kier alpha value is -0.910. The van der Waals surface area contributed by atoms with Crippen LogP contribution in [0.15, 0.2) is 5.16 Å². The lowest BCUT2D eigenvalue weighted by Gasteiger charge is -2.19. The number of halogens is 1. The maximum absolute atomic E-state index is 11.5. The Labute approximate surface area is 115 Å². The van der Waals surface area contributed by atoms with Crippen molar-refractivity contribution in [3.8, 4) is 0 Å². The fourth-order valence-corrected chi connectivity index (χ4v) is 2.03. The van der Waals surface area contributed by atoms with Crippen LogP contribution in [0, 0.1) is 0 Å². The van der Waals surface area contributed by atoms with E-state index in [0.717, 1.165) is 25.7 Å². The fourth-order valence-electron chi connectivity index (χ4n) is 1.76. The minimum absolute atomic E-state index is 0.00584. The van der Waals surface area contributed by atoms with Crippen LogP contribution in [0.1, 0.15) is 39.0 Å². The van der Waals surface area contributed by atoms with Crippen LogP contribution in [-0.4, -0.2) is 35.5 Å². The number of ether oxygens (including phenoxy) is 1. The highest BCUT2D eigenvalue weighted by atomic mass is 79.9. The largest absolute Gasteiger partial charge is 0.461 e. The lowest BCUT2D eigenvalue weighted by atomic mass is 9.98. The first-order chi connectivity index (χ1) is 8.69. The standard InChI is InChI=1S/C12H18BrNO4/c1-2-17-12(16)11(10(15)8-13)14-18-9-6-4-3-5-7-9/h9H,2-8H2,1H3. The van der Waals surface area contributed by atoms with E-state index in [-0.39, 0.29) is 23.8 Å². The third-order valence-corrected chi connectivity index (χ3v) is 3.21. The molecule has 0 spiro atoms. The second-order valence-electron chi connectivity index (χ2n) is 4.08. The first-order valence-electron chi connectivity index (χ1n) is 6.19. The average Bonchev–Trinajstić information content (AvgIpc) is 2.40. The molecule has 1 aliphatic carbocycles. The monoisotopic (exact) mass is 319 g/mol. The number of esters is 1. The smallest absolute Gasteiger partial charge is 0.364 e. The van der Waals surface area contributed by atoms with Crippen LogP contribution < -0.4 is 0 Å². The first-order valence-corrected chi connectivity index (χ1v) is 7.31. The van der Waals surface area contributed by atoms with Crippen molar-refractivity contribution in [1.29, 1.82) is 0 Å². The normalized spacial score (nSPS) is 17.3. The molecule has 0 aromatic heterocycles. The van der Waals surface area contributed by atoms with E-state index < -0.39 is 11.8 Å². The van der Waals surface area contributed by atoms with Gasteiger partial charge in [0, 0.05) is 0 Å². The van der Waals surface area contributed by atoms with Crippen molar-refractivity contribution in [2.45, 2.75) is 45.1 Å². The summed E-state index contributed by atoms with van der Waals surface area (Å²) >= 11 is 3.01. The summed E-state index contributed by atoms with van der Waals surface area (Å²) in [6.45, 7) is 1.88. The van der Waals surface area contributed by atoms with E-state index in [4.69, 9.17) is 9.57 Å². The van der Waals surface area contributed by atoms with Crippen molar-refractivity contribution in [1.82, 2.24) is 0 Å².